The summed E-state index contributed by atoms with van der Waals surface area (Å²) in [5, 5.41) is 3.54. The van der Waals surface area contributed by atoms with Crippen LogP contribution in [0.4, 0.5) is 0 Å². The first-order valence-electron chi connectivity index (χ1n) is 7.31. The van der Waals surface area contributed by atoms with E-state index < -0.39 is 0 Å². The van der Waals surface area contributed by atoms with Gasteiger partial charge in [-0.2, -0.15) is 0 Å². The van der Waals surface area contributed by atoms with Crippen LogP contribution in [0, 0.1) is 0 Å². The molecule has 1 aromatic carbocycles. The molecule has 1 aliphatic rings. The first kappa shape index (κ1) is 13.6. The van der Waals surface area contributed by atoms with Gasteiger partial charge in [-0.15, -0.1) is 0 Å². The van der Waals surface area contributed by atoms with Crippen LogP contribution in [-0.4, -0.2) is 12.6 Å². The number of hydrogen-bond donors (Lipinski definition) is 2. The van der Waals surface area contributed by atoms with E-state index in [4.69, 9.17) is 5.73 Å². The van der Waals surface area contributed by atoms with Gasteiger partial charge in [0.1, 0.15) is 0 Å². The number of hydrogen-bond acceptors (Lipinski definition) is 2. The van der Waals surface area contributed by atoms with E-state index in [0.29, 0.717) is 12.0 Å². The van der Waals surface area contributed by atoms with E-state index in [9.17, 15) is 0 Å². The Morgan fingerprint density at radius 2 is 1.89 bits per heavy atom. The van der Waals surface area contributed by atoms with Crippen LogP contribution < -0.4 is 11.1 Å². The third kappa shape index (κ3) is 3.12. The fraction of sp³-hybridized carbons (Fsp3) is 0.625. The number of nitrogens with one attached hydrogen (secondary N) is 1. The molecule has 1 saturated heterocycles. The molecule has 3 N–H and O–H groups in total. The summed E-state index contributed by atoms with van der Waals surface area (Å²) >= 11 is 0. The van der Waals surface area contributed by atoms with Gasteiger partial charge in [0.25, 0.3) is 0 Å². The Hall–Kier alpha value is -0.860. The van der Waals surface area contributed by atoms with E-state index in [2.05, 4.69) is 43.4 Å². The normalized spacial score (nSPS) is 23.6. The first-order valence-corrected chi connectivity index (χ1v) is 7.31. The lowest BCUT2D eigenvalue weighted by atomic mass is 9.91. The summed E-state index contributed by atoms with van der Waals surface area (Å²) < 4.78 is 0. The van der Waals surface area contributed by atoms with Crippen molar-refractivity contribution < 1.29 is 0 Å². The molecule has 3 atom stereocenters. The van der Waals surface area contributed by atoms with Crippen molar-refractivity contribution in [2.45, 2.75) is 57.5 Å². The molecule has 0 saturated carbocycles. The molecule has 2 heteroatoms. The van der Waals surface area contributed by atoms with Crippen LogP contribution in [0.5, 0.6) is 0 Å². The lowest BCUT2D eigenvalue weighted by Gasteiger charge is -2.29. The summed E-state index contributed by atoms with van der Waals surface area (Å²) in [5.41, 5.74) is 9.05. The van der Waals surface area contributed by atoms with Gasteiger partial charge in [0, 0.05) is 12.1 Å². The molecule has 100 valence electrons. The highest BCUT2D eigenvalue weighted by atomic mass is 15.0. The smallest absolute Gasteiger partial charge is 0.0450 e. The van der Waals surface area contributed by atoms with Crippen molar-refractivity contribution in [2.24, 2.45) is 5.73 Å². The van der Waals surface area contributed by atoms with Gasteiger partial charge in [0.2, 0.25) is 0 Å². The van der Waals surface area contributed by atoms with Crippen LogP contribution in [0.2, 0.25) is 0 Å². The van der Waals surface area contributed by atoms with Crippen molar-refractivity contribution >= 4 is 0 Å². The maximum atomic E-state index is 6.37. The van der Waals surface area contributed by atoms with Crippen LogP contribution in [-0.2, 0) is 0 Å². The summed E-state index contributed by atoms with van der Waals surface area (Å²) in [4.78, 5) is 0. The summed E-state index contributed by atoms with van der Waals surface area (Å²) in [5.74, 6) is 0.642. The highest BCUT2D eigenvalue weighted by Crippen LogP contribution is 2.24. The predicted octanol–water partition coefficient (Wildman–Crippen LogP) is 3.34. The van der Waals surface area contributed by atoms with E-state index in [1.165, 1.54) is 36.8 Å². The second-order valence-corrected chi connectivity index (χ2v) is 5.56. The molecule has 2 nitrogen and oxygen atoms in total. The Morgan fingerprint density at radius 1 is 1.22 bits per heavy atom. The Bertz CT molecular complexity index is 352. The first-order chi connectivity index (χ1) is 8.72. The lowest BCUT2D eigenvalue weighted by molar-refractivity contribution is 0.353. The zero-order valence-corrected chi connectivity index (χ0v) is 11.7. The second-order valence-electron chi connectivity index (χ2n) is 5.56. The minimum Gasteiger partial charge on any atom is -0.323 e. The van der Waals surface area contributed by atoms with E-state index in [0.717, 1.165) is 6.54 Å². The lowest BCUT2D eigenvalue weighted by Crippen LogP contribution is -2.42. The monoisotopic (exact) mass is 246 g/mol. The van der Waals surface area contributed by atoms with Crippen LogP contribution in [0.1, 0.15) is 62.6 Å². The van der Waals surface area contributed by atoms with Gasteiger partial charge < -0.3 is 11.1 Å². The number of rotatable bonds is 4. The number of benzene rings is 1. The Kier molecular flexibility index (Phi) is 4.79. The van der Waals surface area contributed by atoms with Gasteiger partial charge in [0.05, 0.1) is 0 Å². The third-order valence-corrected chi connectivity index (χ3v) is 4.28. The molecule has 0 bridgehead atoms. The molecule has 18 heavy (non-hydrogen) atoms. The average Bonchev–Trinajstić information content (AvgIpc) is 2.47. The third-order valence-electron chi connectivity index (χ3n) is 4.28. The van der Waals surface area contributed by atoms with E-state index >= 15 is 0 Å². The highest BCUT2D eigenvalue weighted by molar-refractivity contribution is 5.27. The largest absolute Gasteiger partial charge is 0.323 e. The summed E-state index contributed by atoms with van der Waals surface area (Å²) in [6.07, 6.45) is 4.98. The fourth-order valence-electron chi connectivity index (χ4n) is 2.70. The second kappa shape index (κ2) is 6.35. The van der Waals surface area contributed by atoms with Crippen molar-refractivity contribution in [1.82, 2.24) is 5.32 Å². The molecule has 0 amide bonds. The molecule has 1 aliphatic heterocycles. The van der Waals surface area contributed by atoms with Crippen molar-refractivity contribution in [1.29, 1.82) is 0 Å². The molecule has 1 fully saturated rings. The van der Waals surface area contributed by atoms with Crippen LogP contribution in [0.15, 0.2) is 24.3 Å². The molecule has 1 heterocycles. The van der Waals surface area contributed by atoms with Crippen molar-refractivity contribution in [3.05, 3.63) is 35.4 Å². The zero-order chi connectivity index (χ0) is 13.0. The molecular formula is C16H26N2. The Labute approximate surface area is 111 Å². The standard InChI is InChI=1S/C16H26N2/c1-3-12(2)13-7-9-14(10-8-13)16(17)15-6-4-5-11-18-15/h7-10,12,15-16,18H,3-6,11,17H2,1-2H3. The molecule has 0 aliphatic carbocycles. The van der Waals surface area contributed by atoms with Gasteiger partial charge in [0.15, 0.2) is 0 Å². The minimum absolute atomic E-state index is 0.135. The molecule has 0 radical (unpaired) electrons. The highest BCUT2D eigenvalue weighted by Gasteiger charge is 2.21. The molecule has 0 aromatic heterocycles. The number of nitrogens with two attached hydrogens (primary N) is 1. The zero-order valence-electron chi connectivity index (χ0n) is 11.7. The molecule has 3 unspecified atom stereocenters. The predicted molar refractivity (Wildman–Crippen MR) is 77.7 cm³/mol. The SMILES string of the molecule is CCC(C)c1ccc(C(N)C2CCCCN2)cc1. The molecule has 2 rings (SSSR count). The topological polar surface area (TPSA) is 38.0 Å². The summed E-state index contributed by atoms with van der Waals surface area (Å²) in [6.45, 7) is 5.62. The average molecular weight is 246 g/mol. The van der Waals surface area contributed by atoms with Crippen LogP contribution in [0.3, 0.4) is 0 Å². The van der Waals surface area contributed by atoms with Gasteiger partial charge in [-0.1, -0.05) is 44.5 Å². The Balaban J connectivity index is 2.03. The van der Waals surface area contributed by atoms with Gasteiger partial charge in [-0.3, -0.25) is 0 Å². The van der Waals surface area contributed by atoms with E-state index in [1.54, 1.807) is 0 Å². The van der Waals surface area contributed by atoms with E-state index in [1.807, 2.05) is 0 Å². The van der Waals surface area contributed by atoms with Crippen molar-refractivity contribution in [3.8, 4) is 0 Å². The molecule has 0 spiro atoms. The number of piperidine rings is 1. The van der Waals surface area contributed by atoms with Crippen LogP contribution >= 0.6 is 0 Å². The summed E-state index contributed by atoms with van der Waals surface area (Å²) in [7, 11) is 0. The quantitative estimate of drug-likeness (QED) is 0.855. The maximum absolute atomic E-state index is 6.37. The molecular weight excluding hydrogens is 220 g/mol. The Morgan fingerprint density at radius 3 is 2.44 bits per heavy atom. The van der Waals surface area contributed by atoms with Gasteiger partial charge in [-0.05, 0) is 42.9 Å². The maximum Gasteiger partial charge on any atom is 0.0450 e. The van der Waals surface area contributed by atoms with Gasteiger partial charge >= 0.3 is 0 Å². The van der Waals surface area contributed by atoms with Gasteiger partial charge in [-0.25, -0.2) is 0 Å². The minimum atomic E-state index is 0.135. The van der Waals surface area contributed by atoms with Crippen LogP contribution in [0.25, 0.3) is 0 Å². The van der Waals surface area contributed by atoms with E-state index in [-0.39, 0.29) is 6.04 Å². The summed E-state index contributed by atoms with van der Waals surface area (Å²) in [6, 6.07) is 9.49. The fourth-order valence-corrected chi connectivity index (χ4v) is 2.70. The van der Waals surface area contributed by atoms with Crippen molar-refractivity contribution in [3.63, 3.8) is 0 Å². The van der Waals surface area contributed by atoms with Crippen molar-refractivity contribution in [2.75, 3.05) is 6.54 Å². The molecule has 1 aromatic rings.